The van der Waals surface area contributed by atoms with Gasteiger partial charge in [0, 0.05) is 22.9 Å². The molecule has 26 heavy (non-hydrogen) atoms. The Balaban J connectivity index is 2.92. The zero-order chi connectivity index (χ0) is 20.0. The standard InChI is InChI=1S/C17H22Cl3N3O3/c1-16(2,3)13(21)8-14(23-15(25)26-10-17(18,19)20)22-12-6-4-11(9-24)5-7-12/h4-8,21-22,24H,9-10H2,1-3H3,(H,23,25)/b14-8+,21-13?. The summed E-state index contributed by atoms with van der Waals surface area (Å²) in [5, 5.41) is 22.7. The Morgan fingerprint density at radius 1 is 1.23 bits per heavy atom. The third kappa shape index (κ3) is 8.76. The van der Waals surface area contributed by atoms with Crippen molar-refractivity contribution in [2.24, 2.45) is 5.41 Å². The maximum atomic E-state index is 11.9. The summed E-state index contributed by atoms with van der Waals surface area (Å²) < 4.78 is 3.13. The molecule has 0 aromatic heterocycles. The van der Waals surface area contributed by atoms with E-state index in [9.17, 15) is 4.79 Å². The number of benzene rings is 1. The Kier molecular flexibility index (Phi) is 8.21. The molecule has 0 radical (unpaired) electrons. The highest BCUT2D eigenvalue weighted by molar-refractivity contribution is 6.67. The summed E-state index contributed by atoms with van der Waals surface area (Å²) in [5.74, 6) is 0.232. The maximum absolute atomic E-state index is 11.9. The van der Waals surface area contributed by atoms with Crippen molar-refractivity contribution in [3.05, 3.63) is 41.7 Å². The lowest BCUT2D eigenvalue weighted by Crippen LogP contribution is -2.31. The van der Waals surface area contributed by atoms with Crippen LogP contribution in [0.5, 0.6) is 0 Å². The molecule has 1 aromatic carbocycles. The molecule has 0 aliphatic carbocycles. The highest BCUT2D eigenvalue weighted by atomic mass is 35.6. The van der Waals surface area contributed by atoms with Crippen molar-refractivity contribution in [2.45, 2.75) is 31.2 Å². The average molecular weight is 423 g/mol. The number of hydrogen-bond acceptors (Lipinski definition) is 5. The second-order valence-corrected chi connectivity index (χ2v) is 9.03. The smallest absolute Gasteiger partial charge is 0.412 e. The van der Waals surface area contributed by atoms with Gasteiger partial charge < -0.3 is 20.6 Å². The molecule has 0 fully saturated rings. The van der Waals surface area contributed by atoms with Gasteiger partial charge in [0.05, 0.1) is 6.61 Å². The molecule has 1 rings (SSSR count). The Labute approximate surface area is 168 Å². The van der Waals surface area contributed by atoms with Crippen molar-refractivity contribution >= 4 is 52.3 Å². The predicted molar refractivity (Wildman–Crippen MR) is 106 cm³/mol. The van der Waals surface area contributed by atoms with Gasteiger partial charge in [0.1, 0.15) is 12.4 Å². The number of nitrogens with one attached hydrogen (secondary N) is 3. The van der Waals surface area contributed by atoms with E-state index < -0.39 is 21.9 Å². The van der Waals surface area contributed by atoms with Crippen LogP contribution in [0.15, 0.2) is 36.2 Å². The molecule has 0 saturated heterocycles. The maximum Gasteiger partial charge on any atom is 0.412 e. The Morgan fingerprint density at radius 2 is 1.81 bits per heavy atom. The van der Waals surface area contributed by atoms with Crippen LogP contribution in [0.3, 0.4) is 0 Å². The van der Waals surface area contributed by atoms with Crippen LogP contribution < -0.4 is 10.6 Å². The summed E-state index contributed by atoms with van der Waals surface area (Å²) in [7, 11) is 0. The molecule has 6 nitrogen and oxygen atoms in total. The first kappa shape index (κ1) is 22.6. The molecule has 0 bridgehead atoms. The number of carbonyl (C=O) groups is 1. The molecule has 4 N–H and O–H groups in total. The highest BCUT2D eigenvalue weighted by Crippen LogP contribution is 2.26. The number of halogens is 3. The van der Waals surface area contributed by atoms with E-state index in [1.165, 1.54) is 6.08 Å². The molecule has 0 spiro atoms. The molecule has 0 aliphatic rings. The third-order valence-corrected chi connectivity index (χ3v) is 3.44. The van der Waals surface area contributed by atoms with Crippen LogP contribution in [0.2, 0.25) is 0 Å². The minimum Gasteiger partial charge on any atom is -0.445 e. The normalized spacial score (nSPS) is 12.5. The van der Waals surface area contributed by atoms with E-state index >= 15 is 0 Å². The van der Waals surface area contributed by atoms with Crippen molar-refractivity contribution in [3.63, 3.8) is 0 Å². The average Bonchev–Trinajstić information content (AvgIpc) is 2.52. The van der Waals surface area contributed by atoms with E-state index in [4.69, 9.17) is 50.1 Å². The lowest BCUT2D eigenvalue weighted by Gasteiger charge is -2.20. The number of aliphatic hydroxyl groups excluding tert-OH is 1. The van der Waals surface area contributed by atoms with E-state index in [0.717, 1.165) is 5.56 Å². The van der Waals surface area contributed by atoms with Crippen LogP contribution in [0, 0.1) is 10.8 Å². The number of alkyl carbamates (subject to hydrolysis) is 1. The summed E-state index contributed by atoms with van der Waals surface area (Å²) in [6, 6.07) is 6.93. The van der Waals surface area contributed by atoms with Gasteiger partial charge in [-0.05, 0) is 17.7 Å². The number of alkyl halides is 3. The number of carbonyl (C=O) groups excluding carboxylic acids is 1. The Bertz CT molecular complexity index is 663. The summed E-state index contributed by atoms with van der Waals surface area (Å²) in [4.78, 5) is 11.9. The fraction of sp³-hybridized carbons (Fsp3) is 0.412. The van der Waals surface area contributed by atoms with Crippen molar-refractivity contribution < 1.29 is 14.6 Å². The number of rotatable bonds is 6. The van der Waals surface area contributed by atoms with E-state index in [0.29, 0.717) is 5.69 Å². The summed E-state index contributed by atoms with van der Waals surface area (Å²) >= 11 is 16.7. The summed E-state index contributed by atoms with van der Waals surface area (Å²) in [6.45, 7) is 5.14. The van der Waals surface area contributed by atoms with Crippen molar-refractivity contribution in [1.29, 1.82) is 5.41 Å². The molecule has 0 atom stereocenters. The second kappa shape index (κ2) is 9.46. The van der Waals surface area contributed by atoms with Crippen LogP contribution in [0.4, 0.5) is 10.5 Å². The van der Waals surface area contributed by atoms with Gasteiger partial charge in [-0.2, -0.15) is 0 Å². The molecule has 0 heterocycles. The molecule has 1 aromatic rings. The van der Waals surface area contributed by atoms with Gasteiger partial charge in [0.2, 0.25) is 3.79 Å². The van der Waals surface area contributed by atoms with Crippen LogP contribution in [0.1, 0.15) is 26.3 Å². The van der Waals surface area contributed by atoms with Crippen molar-refractivity contribution in [2.75, 3.05) is 11.9 Å². The van der Waals surface area contributed by atoms with Gasteiger partial charge in [0.25, 0.3) is 0 Å². The van der Waals surface area contributed by atoms with E-state index in [2.05, 4.69) is 10.6 Å². The zero-order valence-electron chi connectivity index (χ0n) is 14.7. The molecular formula is C17H22Cl3N3O3. The molecule has 0 unspecified atom stereocenters. The highest BCUT2D eigenvalue weighted by Gasteiger charge is 2.23. The zero-order valence-corrected chi connectivity index (χ0v) is 17.0. The summed E-state index contributed by atoms with van der Waals surface area (Å²) in [5.41, 5.74) is 1.26. The van der Waals surface area contributed by atoms with Crippen molar-refractivity contribution in [3.8, 4) is 0 Å². The topological polar surface area (TPSA) is 94.4 Å². The SMILES string of the molecule is CC(C)(C)C(=N)/C=C(/NC(=O)OCC(Cl)(Cl)Cl)Nc1ccc(CO)cc1. The van der Waals surface area contributed by atoms with Gasteiger partial charge in [-0.1, -0.05) is 67.7 Å². The second-order valence-electron chi connectivity index (χ2n) is 6.52. The van der Waals surface area contributed by atoms with E-state index in [-0.39, 0.29) is 18.1 Å². The number of aliphatic hydroxyl groups is 1. The lowest BCUT2D eigenvalue weighted by molar-refractivity contribution is 0.151. The fourth-order valence-electron chi connectivity index (χ4n) is 1.61. The van der Waals surface area contributed by atoms with E-state index in [1.807, 2.05) is 20.8 Å². The molecule has 0 aliphatic heterocycles. The van der Waals surface area contributed by atoms with Crippen LogP contribution in [0.25, 0.3) is 0 Å². The predicted octanol–water partition coefficient (Wildman–Crippen LogP) is 4.59. The molecule has 9 heteroatoms. The van der Waals surface area contributed by atoms with Crippen molar-refractivity contribution in [1.82, 2.24) is 5.32 Å². The first-order valence-electron chi connectivity index (χ1n) is 7.69. The fourth-order valence-corrected chi connectivity index (χ4v) is 1.77. The number of allylic oxidation sites excluding steroid dienone is 1. The number of hydrogen-bond donors (Lipinski definition) is 4. The van der Waals surface area contributed by atoms with Crippen LogP contribution in [-0.4, -0.2) is 27.3 Å². The molecule has 0 saturated carbocycles. The Morgan fingerprint density at radius 3 is 2.27 bits per heavy atom. The van der Waals surface area contributed by atoms with E-state index in [1.54, 1.807) is 24.3 Å². The number of amides is 1. The minimum atomic E-state index is -1.72. The number of ether oxygens (including phenoxy) is 1. The molecule has 1 amide bonds. The lowest BCUT2D eigenvalue weighted by atomic mass is 9.90. The number of anilines is 1. The quantitative estimate of drug-likeness (QED) is 0.398. The van der Waals surface area contributed by atoms with Gasteiger partial charge in [-0.25, -0.2) is 4.79 Å². The Hall–Kier alpha value is -1.47. The monoisotopic (exact) mass is 421 g/mol. The molecule has 144 valence electrons. The van der Waals surface area contributed by atoms with Gasteiger partial charge in [-0.3, -0.25) is 5.32 Å². The summed E-state index contributed by atoms with van der Waals surface area (Å²) in [6.07, 6.45) is 0.653. The van der Waals surface area contributed by atoms with Gasteiger partial charge in [0.15, 0.2) is 0 Å². The third-order valence-electron chi connectivity index (χ3n) is 3.12. The van der Waals surface area contributed by atoms with Crippen LogP contribution in [-0.2, 0) is 11.3 Å². The first-order valence-corrected chi connectivity index (χ1v) is 8.82. The van der Waals surface area contributed by atoms with Gasteiger partial charge in [-0.15, -0.1) is 0 Å². The van der Waals surface area contributed by atoms with Gasteiger partial charge >= 0.3 is 6.09 Å². The molecular weight excluding hydrogens is 401 g/mol. The largest absolute Gasteiger partial charge is 0.445 e. The minimum absolute atomic E-state index is 0.0702. The first-order chi connectivity index (χ1) is 11.9. The van der Waals surface area contributed by atoms with Crippen LogP contribution >= 0.6 is 34.8 Å².